The smallest absolute Gasteiger partial charge is 0.226 e. The van der Waals surface area contributed by atoms with E-state index in [-0.39, 0.29) is 0 Å². The first-order valence-corrected chi connectivity index (χ1v) is 9.05. The molecule has 1 aliphatic heterocycles. The number of carbonyl (C=O) groups excluding carboxylic acids is 1. The zero-order chi connectivity index (χ0) is 15.9. The van der Waals surface area contributed by atoms with Gasteiger partial charge in [0.25, 0.3) is 0 Å². The molecule has 1 saturated heterocycles. The fourth-order valence-electron chi connectivity index (χ4n) is 4.74. The van der Waals surface area contributed by atoms with Crippen LogP contribution in [0.4, 0.5) is 5.95 Å². The molecule has 5 nitrogen and oxygen atoms in total. The van der Waals surface area contributed by atoms with Gasteiger partial charge in [0, 0.05) is 36.8 Å². The van der Waals surface area contributed by atoms with Crippen molar-refractivity contribution in [2.24, 2.45) is 11.3 Å². The lowest BCUT2D eigenvalue weighted by Gasteiger charge is -2.33. The Labute approximate surface area is 137 Å². The Kier molecular flexibility index (Phi) is 3.74. The maximum absolute atomic E-state index is 12.8. The number of amides is 1. The van der Waals surface area contributed by atoms with Crippen molar-refractivity contribution in [2.75, 3.05) is 18.8 Å². The summed E-state index contributed by atoms with van der Waals surface area (Å²) in [6.07, 6.45) is 11.4. The third-order valence-electron chi connectivity index (χ3n) is 6.26. The number of aromatic nitrogens is 2. The summed E-state index contributed by atoms with van der Waals surface area (Å²) >= 11 is 0. The Morgan fingerprint density at radius 3 is 2.65 bits per heavy atom. The highest BCUT2D eigenvalue weighted by Crippen LogP contribution is 2.62. The standard InChI is InChI=1S/C18H26N4O/c19-17-20-9-4-15(21-17)13-5-10-22(11-6-13)16(23)14-12-18(14)7-2-1-3-8-18/h4,9,13-14H,1-3,5-8,10-12H2,(H2,19,20,21)/t14-/m1/s1. The summed E-state index contributed by atoms with van der Waals surface area (Å²) in [6, 6.07) is 1.95. The van der Waals surface area contributed by atoms with Gasteiger partial charge in [0.15, 0.2) is 0 Å². The fraction of sp³-hybridized carbons (Fsp3) is 0.722. The Bertz CT molecular complexity index is 588. The molecule has 1 spiro atoms. The number of nitrogens with two attached hydrogens (primary N) is 1. The number of anilines is 1. The van der Waals surface area contributed by atoms with Crippen molar-refractivity contribution >= 4 is 11.9 Å². The molecule has 2 N–H and O–H groups in total. The van der Waals surface area contributed by atoms with Crippen LogP contribution < -0.4 is 5.73 Å². The lowest BCUT2D eigenvalue weighted by molar-refractivity contribution is -0.134. The lowest BCUT2D eigenvalue weighted by atomic mass is 9.84. The first-order chi connectivity index (χ1) is 11.2. The van der Waals surface area contributed by atoms with E-state index in [9.17, 15) is 4.79 Å². The van der Waals surface area contributed by atoms with E-state index in [0.717, 1.165) is 38.0 Å². The molecule has 2 saturated carbocycles. The van der Waals surface area contributed by atoms with Crippen molar-refractivity contribution in [2.45, 2.75) is 57.3 Å². The third kappa shape index (κ3) is 2.81. The highest BCUT2D eigenvalue weighted by atomic mass is 16.2. The molecule has 0 bridgehead atoms. The number of likely N-dealkylation sites (tertiary alicyclic amines) is 1. The summed E-state index contributed by atoms with van der Waals surface area (Å²) in [5.74, 6) is 1.51. The van der Waals surface area contributed by atoms with E-state index in [4.69, 9.17) is 5.73 Å². The third-order valence-corrected chi connectivity index (χ3v) is 6.26. The highest BCUT2D eigenvalue weighted by Gasteiger charge is 2.58. The maximum Gasteiger partial charge on any atom is 0.226 e. The van der Waals surface area contributed by atoms with Gasteiger partial charge in [0.2, 0.25) is 11.9 Å². The topological polar surface area (TPSA) is 72.1 Å². The lowest BCUT2D eigenvalue weighted by Crippen LogP contribution is -2.40. The van der Waals surface area contributed by atoms with Crippen LogP contribution in [-0.4, -0.2) is 33.9 Å². The summed E-state index contributed by atoms with van der Waals surface area (Å²) < 4.78 is 0. The normalized spacial score (nSPS) is 27.1. The van der Waals surface area contributed by atoms with Crippen LogP contribution in [0.15, 0.2) is 12.3 Å². The van der Waals surface area contributed by atoms with E-state index < -0.39 is 0 Å². The zero-order valence-corrected chi connectivity index (χ0v) is 13.7. The molecule has 3 aliphatic rings. The fourth-order valence-corrected chi connectivity index (χ4v) is 4.74. The predicted molar refractivity (Wildman–Crippen MR) is 88.6 cm³/mol. The van der Waals surface area contributed by atoms with E-state index in [1.54, 1.807) is 6.20 Å². The summed E-state index contributed by atoms with van der Waals surface area (Å²) in [7, 11) is 0. The minimum absolute atomic E-state index is 0.328. The molecule has 4 rings (SSSR count). The SMILES string of the molecule is Nc1nccc(C2CCN(C(=O)[C@H]3CC34CCCCC4)CC2)n1. The highest BCUT2D eigenvalue weighted by molar-refractivity contribution is 5.82. The Balaban J connectivity index is 1.34. The Morgan fingerprint density at radius 2 is 1.96 bits per heavy atom. The van der Waals surface area contributed by atoms with Gasteiger partial charge in [0.05, 0.1) is 0 Å². The van der Waals surface area contributed by atoms with Gasteiger partial charge in [-0.3, -0.25) is 4.79 Å². The van der Waals surface area contributed by atoms with Crippen LogP contribution in [-0.2, 0) is 4.79 Å². The molecular weight excluding hydrogens is 288 g/mol. The molecule has 0 unspecified atom stereocenters. The van der Waals surface area contributed by atoms with E-state index in [0.29, 0.717) is 29.1 Å². The second kappa shape index (κ2) is 5.77. The van der Waals surface area contributed by atoms with Gasteiger partial charge < -0.3 is 10.6 Å². The number of rotatable bonds is 2. The zero-order valence-electron chi connectivity index (χ0n) is 13.7. The molecule has 0 aromatic carbocycles. The minimum Gasteiger partial charge on any atom is -0.368 e. The van der Waals surface area contributed by atoms with E-state index in [1.807, 2.05) is 6.07 Å². The Morgan fingerprint density at radius 1 is 1.22 bits per heavy atom. The maximum atomic E-state index is 12.8. The van der Waals surface area contributed by atoms with Crippen molar-refractivity contribution < 1.29 is 4.79 Å². The van der Waals surface area contributed by atoms with Crippen molar-refractivity contribution in [1.29, 1.82) is 0 Å². The van der Waals surface area contributed by atoms with Gasteiger partial charge >= 0.3 is 0 Å². The molecule has 3 fully saturated rings. The number of carbonyl (C=O) groups is 1. The number of hydrogen-bond acceptors (Lipinski definition) is 4. The number of piperidine rings is 1. The summed E-state index contributed by atoms with van der Waals surface area (Å²) in [6.45, 7) is 1.72. The molecule has 23 heavy (non-hydrogen) atoms. The van der Waals surface area contributed by atoms with Gasteiger partial charge in [-0.25, -0.2) is 9.97 Å². The molecular formula is C18H26N4O. The van der Waals surface area contributed by atoms with Gasteiger partial charge in [-0.2, -0.15) is 0 Å². The quantitative estimate of drug-likeness (QED) is 0.911. The summed E-state index contributed by atoms with van der Waals surface area (Å²) in [5, 5.41) is 0. The minimum atomic E-state index is 0.328. The van der Waals surface area contributed by atoms with Gasteiger partial charge in [-0.15, -0.1) is 0 Å². The van der Waals surface area contributed by atoms with E-state index in [1.165, 1.54) is 32.1 Å². The van der Waals surface area contributed by atoms with Crippen molar-refractivity contribution in [3.05, 3.63) is 18.0 Å². The number of nitrogens with zero attached hydrogens (tertiary/aromatic N) is 3. The van der Waals surface area contributed by atoms with Gasteiger partial charge in [-0.05, 0) is 43.6 Å². The van der Waals surface area contributed by atoms with Crippen molar-refractivity contribution in [3.8, 4) is 0 Å². The monoisotopic (exact) mass is 314 g/mol. The average Bonchev–Trinajstić information content (AvgIpc) is 3.28. The number of nitrogen functional groups attached to an aromatic ring is 1. The molecule has 1 atom stereocenters. The van der Waals surface area contributed by atoms with Gasteiger partial charge in [-0.1, -0.05) is 19.3 Å². The number of hydrogen-bond donors (Lipinski definition) is 1. The average molecular weight is 314 g/mol. The largest absolute Gasteiger partial charge is 0.368 e. The molecule has 5 heteroatoms. The Hall–Kier alpha value is -1.65. The van der Waals surface area contributed by atoms with Crippen LogP contribution in [0.25, 0.3) is 0 Å². The molecule has 1 aromatic heterocycles. The molecule has 124 valence electrons. The van der Waals surface area contributed by atoms with Crippen LogP contribution in [0.1, 0.15) is 63.0 Å². The van der Waals surface area contributed by atoms with Crippen LogP contribution in [0, 0.1) is 11.3 Å². The van der Waals surface area contributed by atoms with E-state index in [2.05, 4.69) is 14.9 Å². The van der Waals surface area contributed by atoms with Crippen molar-refractivity contribution in [3.63, 3.8) is 0 Å². The van der Waals surface area contributed by atoms with Crippen LogP contribution in [0.5, 0.6) is 0 Å². The van der Waals surface area contributed by atoms with Crippen LogP contribution in [0.2, 0.25) is 0 Å². The first-order valence-electron chi connectivity index (χ1n) is 9.05. The molecule has 1 aromatic rings. The van der Waals surface area contributed by atoms with E-state index >= 15 is 0 Å². The van der Waals surface area contributed by atoms with Crippen LogP contribution >= 0.6 is 0 Å². The molecule has 1 amide bonds. The summed E-state index contributed by atoms with van der Waals surface area (Å²) in [4.78, 5) is 23.2. The van der Waals surface area contributed by atoms with Gasteiger partial charge in [0.1, 0.15) is 0 Å². The molecule has 2 aliphatic carbocycles. The van der Waals surface area contributed by atoms with Crippen molar-refractivity contribution in [1.82, 2.24) is 14.9 Å². The predicted octanol–water partition coefficient (Wildman–Crippen LogP) is 2.74. The first kappa shape index (κ1) is 14.9. The van der Waals surface area contributed by atoms with Crippen LogP contribution in [0.3, 0.4) is 0 Å². The molecule has 0 radical (unpaired) electrons. The second-order valence-electron chi connectivity index (χ2n) is 7.62. The second-order valence-corrected chi connectivity index (χ2v) is 7.62. The molecule has 2 heterocycles. The summed E-state index contributed by atoms with van der Waals surface area (Å²) in [5.41, 5.74) is 7.10.